The fourth-order valence-corrected chi connectivity index (χ4v) is 1.48. The number of rotatable bonds is 3. The third-order valence-corrected chi connectivity index (χ3v) is 2.11. The minimum absolute atomic E-state index is 0.416. The fourth-order valence-electron chi connectivity index (χ4n) is 1.48. The van der Waals surface area contributed by atoms with E-state index in [1.165, 1.54) is 0 Å². The van der Waals surface area contributed by atoms with Crippen molar-refractivity contribution < 1.29 is 5.11 Å². The lowest BCUT2D eigenvalue weighted by molar-refractivity contribution is 0.169. The van der Waals surface area contributed by atoms with Crippen LogP contribution in [0, 0.1) is 13.8 Å². The minimum atomic E-state index is -0.416. The molecule has 0 aliphatic carbocycles. The summed E-state index contributed by atoms with van der Waals surface area (Å²) >= 11 is 0. The topological polar surface area (TPSA) is 62.0 Å². The minimum Gasteiger partial charge on any atom is -0.388 e. The number of H-pyrrole nitrogens is 1. The molecular formula is C9H16N2O. The number of aryl methyl sites for hydroxylation is 2. The van der Waals surface area contributed by atoms with Crippen molar-refractivity contribution in [1.82, 2.24) is 4.98 Å². The molecular weight excluding hydrogens is 152 g/mol. The lowest BCUT2D eigenvalue weighted by Gasteiger charge is -2.09. The van der Waals surface area contributed by atoms with E-state index in [0.29, 0.717) is 13.0 Å². The molecule has 0 radical (unpaired) electrons. The van der Waals surface area contributed by atoms with Crippen molar-refractivity contribution in [2.45, 2.75) is 26.4 Å². The highest BCUT2D eigenvalue weighted by atomic mass is 16.3. The Morgan fingerprint density at radius 2 is 2.25 bits per heavy atom. The maximum absolute atomic E-state index is 9.67. The molecule has 0 aromatic carbocycles. The number of aromatic amines is 1. The van der Waals surface area contributed by atoms with Crippen molar-refractivity contribution in [3.8, 4) is 0 Å². The van der Waals surface area contributed by atoms with Crippen LogP contribution in [0.15, 0.2) is 6.20 Å². The lowest BCUT2D eigenvalue weighted by atomic mass is 10.0. The van der Waals surface area contributed by atoms with Crippen LogP contribution in [0.4, 0.5) is 0 Å². The third-order valence-electron chi connectivity index (χ3n) is 2.11. The van der Waals surface area contributed by atoms with Crippen LogP contribution in [0.3, 0.4) is 0 Å². The molecule has 4 N–H and O–H groups in total. The largest absolute Gasteiger partial charge is 0.388 e. The van der Waals surface area contributed by atoms with Crippen molar-refractivity contribution >= 4 is 0 Å². The molecule has 0 saturated heterocycles. The van der Waals surface area contributed by atoms with E-state index in [4.69, 9.17) is 5.73 Å². The molecule has 0 unspecified atom stereocenters. The average Bonchev–Trinajstić information content (AvgIpc) is 2.32. The lowest BCUT2D eigenvalue weighted by Crippen LogP contribution is -2.07. The summed E-state index contributed by atoms with van der Waals surface area (Å²) in [6.07, 6.45) is 2.12. The second-order valence-electron chi connectivity index (χ2n) is 3.10. The van der Waals surface area contributed by atoms with Crippen molar-refractivity contribution in [2.24, 2.45) is 5.73 Å². The number of hydrogen-bond acceptors (Lipinski definition) is 2. The monoisotopic (exact) mass is 168 g/mol. The van der Waals surface area contributed by atoms with Gasteiger partial charge in [0.25, 0.3) is 0 Å². The number of nitrogens with one attached hydrogen (secondary N) is 1. The normalized spacial score (nSPS) is 13.3. The van der Waals surface area contributed by atoms with Gasteiger partial charge in [0.1, 0.15) is 0 Å². The molecule has 0 bridgehead atoms. The number of aromatic nitrogens is 1. The second-order valence-corrected chi connectivity index (χ2v) is 3.10. The summed E-state index contributed by atoms with van der Waals surface area (Å²) in [6, 6.07) is 0. The van der Waals surface area contributed by atoms with Crippen LogP contribution in [0.2, 0.25) is 0 Å². The van der Waals surface area contributed by atoms with Crippen molar-refractivity contribution in [3.05, 3.63) is 23.0 Å². The molecule has 0 amide bonds. The molecule has 3 nitrogen and oxygen atoms in total. The molecule has 12 heavy (non-hydrogen) atoms. The van der Waals surface area contributed by atoms with Crippen LogP contribution >= 0.6 is 0 Å². The first kappa shape index (κ1) is 9.29. The zero-order valence-electron chi connectivity index (χ0n) is 7.59. The van der Waals surface area contributed by atoms with E-state index in [1.54, 1.807) is 0 Å². The fraction of sp³-hybridized carbons (Fsp3) is 0.556. The van der Waals surface area contributed by atoms with Gasteiger partial charge in [-0.2, -0.15) is 0 Å². The maximum Gasteiger partial charge on any atom is 0.0821 e. The van der Waals surface area contributed by atoms with E-state index < -0.39 is 6.10 Å². The average molecular weight is 168 g/mol. The van der Waals surface area contributed by atoms with Gasteiger partial charge < -0.3 is 15.8 Å². The van der Waals surface area contributed by atoms with Crippen molar-refractivity contribution in [1.29, 1.82) is 0 Å². The molecule has 0 spiro atoms. The van der Waals surface area contributed by atoms with Gasteiger partial charge in [-0.15, -0.1) is 0 Å². The zero-order valence-corrected chi connectivity index (χ0v) is 7.59. The van der Waals surface area contributed by atoms with E-state index in [-0.39, 0.29) is 0 Å². The van der Waals surface area contributed by atoms with Gasteiger partial charge in [0.2, 0.25) is 0 Å². The molecule has 1 rings (SSSR count). The Balaban J connectivity index is 2.85. The molecule has 1 aromatic rings. The Labute approximate surface area is 72.6 Å². The van der Waals surface area contributed by atoms with Gasteiger partial charge in [-0.05, 0) is 32.4 Å². The van der Waals surface area contributed by atoms with Crippen LogP contribution in [-0.4, -0.2) is 16.6 Å². The van der Waals surface area contributed by atoms with Gasteiger partial charge in [0.05, 0.1) is 6.10 Å². The molecule has 68 valence electrons. The van der Waals surface area contributed by atoms with Crippen LogP contribution in [-0.2, 0) is 0 Å². The van der Waals surface area contributed by atoms with Crippen LogP contribution in [0.25, 0.3) is 0 Å². The molecule has 0 saturated carbocycles. The summed E-state index contributed by atoms with van der Waals surface area (Å²) in [5.74, 6) is 0. The number of aliphatic hydroxyl groups excluding tert-OH is 1. The Bertz CT molecular complexity index is 236. The zero-order chi connectivity index (χ0) is 9.14. The van der Waals surface area contributed by atoms with E-state index >= 15 is 0 Å². The Morgan fingerprint density at radius 1 is 1.58 bits per heavy atom. The smallest absolute Gasteiger partial charge is 0.0821 e. The van der Waals surface area contributed by atoms with E-state index in [2.05, 4.69) is 4.98 Å². The highest BCUT2D eigenvalue weighted by Crippen LogP contribution is 2.22. The highest BCUT2D eigenvalue weighted by Gasteiger charge is 2.13. The predicted octanol–water partition coefficient (Wildman–Crippen LogP) is 1.01. The maximum atomic E-state index is 9.67. The number of nitrogens with two attached hydrogens (primary N) is 1. The number of aliphatic hydroxyl groups is 1. The molecule has 1 atom stereocenters. The first-order valence-electron chi connectivity index (χ1n) is 4.19. The van der Waals surface area contributed by atoms with Crippen molar-refractivity contribution in [2.75, 3.05) is 6.54 Å². The third kappa shape index (κ3) is 1.68. The SMILES string of the molecule is Cc1c[nH]c(C)c1[C@H](O)CCN. The van der Waals surface area contributed by atoms with E-state index in [0.717, 1.165) is 16.8 Å². The quantitative estimate of drug-likeness (QED) is 0.631. The van der Waals surface area contributed by atoms with Crippen LogP contribution < -0.4 is 5.73 Å². The Hall–Kier alpha value is -0.800. The van der Waals surface area contributed by atoms with E-state index in [9.17, 15) is 5.11 Å². The number of hydrogen-bond donors (Lipinski definition) is 3. The summed E-state index contributed by atoms with van der Waals surface area (Å²) in [7, 11) is 0. The van der Waals surface area contributed by atoms with Gasteiger partial charge in [-0.1, -0.05) is 0 Å². The van der Waals surface area contributed by atoms with Gasteiger partial charge in [-0.3, -0.25) is 0 Å². The summed E-state index contributed by atoms with van der Waals surface area (Å²) in [6.45, 7) is 4.46. The second kappa shape index (κ2) is 3.74. The summed E-state index contributed by atoms with van der Waals surface area (Å²) in [5, 5.41) is 9.67. The van der Waals surface area contributed by atoms with Gasteiger partial charge >= 0.3 is 0 Å². The van der Waals surface area contributed by atoms with E-state index in [1.807, 2.05) is 20.0 Å². The van der Waals surface area contributed by atoms with Crippen molar-refractivity contribution in [3.63, 3.8) is 0 Å². The van der Waals surface area contributed by atoms with Gasteiger partial charge in [0.15, 0.2) is 0 Å². The molecule has 1 heterocycles. The van der Waals surface area contributed by atoms with Gasteiger partial charge in [0, 0.05) is 17.5 Å². The van der Waals surface area contributed by atoms with Gasteiger partial charge in [-0.25, -0.2) is 0 Å². The van der Waals surface area contributed by atoms with Crippen LogP contribution in [0.1, 0.15) is 29.3 Å². The Kier molecular flexibility index (Phi) is 2.89. The summed E-state index contributed by atoms with van der Waals surface area (Å²) < 4.78 is 0. The molecule has 1 aromatic heterocycles. The summed E-state index contributed by atoms with van der Waals surface area (Å²) in [5.41, 5.74) is 8.51. The summed E-state index contributed by atoms with van der Waals surface area (Å²) in [4.78, 5) is 3.08. The highest BCUT2D eigenvalue weighted by molar-refractivity contribution is 5.30. The Morgan fingerprint density at radius 3 is 2.67 bits per heavy atom. The first-order chi connectivity index (χ1) is 5.66. The molecule has 0 aliphatic heterocycles. The molecule has 0 fully saturated rings. The molecule has 0 aliphatic rings. The van der Waals surface area contributed by atoms with Crippen LogP contribution in [0.5, 0.6) is 0 Å². The predicted molar refractivity (Wildman–Crippen MR) is 48.9 cm³/mol. The molecule has 3 heteroatoms. The standard InChI is InChI=1S/C9H16N2O/c1-6-5-11-7(2)9(6)8(12)3-4-10/h5,8,11-12H,3-4,10H2,1-2H3/t8-/m1/s1. The first-order valence-corrected chi connectivity index (χ1v) is 4.19.